The Hall–Kier alpha value is -0.400. The second kappa shape index (κ2) is 15.5. The van der Waals surface area contributed by atoms with Crippen molar-refractivity contribution >= 4 is 36.1 Å². The van der Waals surface area contributed by atoms with E-state index >= 15 is 0 Å². The first-order chi connectivity index (χ1) is 19.9. The number of hydrogen-bond donors (Lipinski definition) is 4. The first-order valence-electron chi connectivity index (χ1n) is 15.7. The molecule has 14 atom stereocenters. The molecule has 0 aromatic carbocycles. The minimum absolute atomic E-state index is 0.175. The molecule has 43 heavy (non-hydrogen) atoms. The molecular formula is C32H58O9S2. The van der Waals surface area contributed by atoms with Crippen molar-refractivity contribution in [2.45, 2.75) is 128 Å². The summed E-state index contributed by atoms with van der Waals surface area (Å²) in [6, 6.07) is 0. The van der Waals surface area contributed by atoms with Gasteiger partial charge >= 0.3 is 5.97 Å². The molecule has 0 amide bonds. The number of ketones is 1. The molecule has 0 aromatic heterocycles. The summed E-state index contributed by atoms with van der Waals surface area (Å²) in [5, 5.41) is 33.8. The van der Waals surface area contributed by atoms with E-state index in [2.05, 4.69) is 26.5 Å². The van der Waals surface area contributed by atoms with Crippen molar-refractivity contribution in [3.05, 3.63) is 0 Å². The first-order valence-corrected chi connectivity index (χ1v) is 17.3. The van der Waals surface area contributed by atoms with Crippen LogP contribution in [0.15, 0.2) is 0 Å². The Balaban J connectivity index is 2.76. The van der Waals surface area contributed by atoms with E-state index in [1.807, 2.05) is 20.8 Å². The second-order valence-electron chi connectivity index (χ2n) is 13.4. The number of aliphatic hydroxyl groups excluding tert-OH is 2. The summed E-state index contributed by atoms with van der Waals surface area (Å²) in [5.74, 6) is -2.29. The van der Waals surface area contributed by atoms with Crippen LogP contribution in [0.5, 0.6) is 0 Å². The number of hydrogen-bond acceptors (Lipinski definition) is 11. The summed E-state index contributed by atoms with van der Waals surface area (Å²) in [5.41, 5.74) is -2.77. The van der Waals surface area contributed by atoms with E-state index in [-0.39, 0.29) is 24.0 Å². The maximum atomic E-state index is 14.0. The van der Waals surface area contributed by atoms with Crippen molar-refractivity contribution in [1.82, 2.24) is 0 Å². The lowest BCUT2D eigenvalue weighted by Gasteiger charge is -2.51. The highest BCUT2D eigenvalue weighted by atomic mass is 32.2. The number of esters is 1. The minimum atomic E-state index is -1.87. The minimum Gasteiger partial charge on any atom is -0.459 e. The molecule has 0 spiro atoms. The zero-order valence-corrected chi connectivity index (χ0v) is 29.7. The van der Waals surface area contributed by atoms with E-state index in [0.717, 1.165) is 0 Å². The number of aliphatic hydroxyl groups is 3. The van der Waals surface area contributed by atoms with Crippen molar-refractivity contribution in [3.8, 4) is 0 Å². The van der Waals surface area contributed by atoms with Gasteiger partial charge in [-0.05, 0) is 51.2 Å². The molecule has 0 bridgehead atoms. The standard InChI is InChI=1S/C32H58O9S2/c1-12-24-31(9,37)27(34)20(5)26(33)17(2)15-32(39-11,43-14-13-42)21(6)18(3)25(19(4)29(36)41-24)23-16-30(8,38-10)28(35)22(7)40-23/h17-25,27-28,34-35,37,42H,12-16H2,1-11H3/t17-,18-,19-,20+,21-,22+,23?,24-,25+,27-,28+,30-,31-,32+/m1/s1. The van der Waals surface area contributed by atoms with Gasteiger partial charge in [-0.15, -0.1) is 11.8 Å². The number of thiol groups is 1. The summed E-state index contributed by atoms with van der Waals surface area (Å²) in [7, 11) is 3.21. The van der Waals surface area contributed by atoms with Crippen LogP contribution in [0.2, 0.25) is 0 Å². The smallest absolute Gasteiger partial charge is 0.309 e. The van der Waals surface area contributed by atoms with Gasteiger partial charge in [0.25, 0.3) is 0 Å². The van der Waals surface area contributed by atoms with Gasteiger partial charge in [-0.3, -0.25) is 9.59 Å². The highest BCUT2D eigenvalue weighted by Crippen LogP contribution is 2.49. The van der Waals surface area contributed by atoms with Crippen LogP contribution in [0.25, 0.3) is 0 Å². The van der Waals surface area contributed by atoms with Gasteiger partial charge in [0, 0.05) is 44.1 Å². The molecule has 2 heterocycles. The average molecular weight is 651 g/mol. The Labute approximate surface area is 268 Å². The molecule has 0 saturated carbocycles. The van der Waals surface area contributed by atoms with Crippen LogP contribution in [-0.2, 0) is 28.5 Å². The first kappa shape index (κ1) is 38.8. The van der Waals surface area contributed by atoms with Gasteiger partial charge in [-0.1, -0.05) is 41.5 Å². The van der Waals surface area contributed by atoms with Crippen LogP contribution in [0.3, 0.4) is 0 Å². The lowest BCUT2D eigenvalue weighted by molar-refractivity contribution is -0.236. The highest BCUT2D eigenvalue weighted by Gasteiger charge is 2.54. The van der Waals surface area contributed by atoms with E-state index in [9.17, 15) is 24.9 Å². The largest absolute Gasteiger partial charge is 0.459 e. The molecule has 2 fully saturated rings. The van der Waals surface area contributed by atoms with Crippen LogP contribution >= 0.6 is 24.4 Å². The zero-order chi connectivity index (χ0) is 33.1. The van der Waals surface area contributed by atoms with Crippen molar-refractivity contribution in [1.29, 1.82) is 0 Å². The zero-order valence-electron chi connectivity index (χ0n) is 28.0. The molecule has 2 aliphatic heterocycles. The topological polar surface area (TPSA) is 132 Å². The van der Waals surface area contributed by atoms with E-state index in [4.69, 9.17) is 18.9 Å². The summed E-state index contributed by atoms with van der Waals surface area (Å²) in [4.78, 5) is 26.9. The predicted octanol–water partition coefficient (Wildman–Crippen LogP) is 4.14. The third kappa shape index (κ3) is 7.95. The molecule has 9 nitrogen and oxygen atoms in total. The van der Waals surface area contributed by atoms with Crippen LogP contribution in [-0.4, -0.2) is 99.5 Å². The molecule has 0 aliphatic carbocycles. The Bertz CT molecular complexity index is 935. The van der Waals surface area contributed by atoms with E-state index < -0.39 is 76.3 Å². The fourth-order valence-electron chi connectivity index (χ4n) is 7.47. The number of thioether (sulfide) groups is 1. The Morgan fingerprint density at radius 2 is 1.58 bits per heavy atom. The Kier molecular flexibility index (Phi) is 13.9. The Morgan fingerprint density at radius 3 is 2.09 bits per heavy atom. The Morgan fingerprint density at radius 1 is 0.977 bits per heavy atom. The number of methoxy groups -OCH3 is 2. The summed E-state index contributed by atoms with van der Waals surface area (Å²) >= 11 is 6.05. The monoisotopic (exact) mass is 650 g/mol. The molecule has 2 saturated heterocycles. The quantitative estimate of drug-likeness (QED) is 0.181. The molecular weight excluding hydrogens is 592 g/mol. The van der Waals surface area contributed by atoms with Gasteiger partial charge in [-0.2, -0.15) is 12.6 Å². The van der Waals surface area contributed by atoms with E-state index in [0.29, 0.717) is 24.3 Å². The highest BCUT2D eigenvalue weighted by molar-refractivity contribution is 8.01. The molecule has 2 rings (SSSR count). The molecule has 2 aliphatic rings. The lowest BCUT2D eigenvalue weighted by Crippen LogP contribution is -2.60. The van der Waals surface area contributed by atoms with E-state index in [1.165, 1.54) is 6.92 Å². The van der Waals surface area contributed by atoms with Gasteiger partial charge in [0.15, 0.2) is 0 Å². The normalized spacial score (nSPS) is 47.6. The van der Waals surface area contributed by atoms with Crippen LogP contribution in [0.4, 0.5) is 0 Å². The maximum absolute atomic E-state index is 14.0. The fraction of sp³-hybridized carbons (Fsp3) is 0.938. The number of carbonyl (C=O) groups is 2. The van der Waals surface area contributed by atoms with Gasteiger partial charge in [0.2, 0.25) is 0 Å². The molecule has 1 unspecified atom stereocenters. The third-order valence-electron chi connectivity index (χ3n) is 10.7. The number of Topliss-reactive ketones (excluding diaryl/α,β-unsaturated/α-hetero) is 1. The van der Waals surface area contributed by atoms with Crippen LogP contribution < -0.4 is 0 Å². The van der Waals surface area contributed by atoms with Crippen LogP contribution in [0, 0.1) is 35.5 Å². The van der Waals surface area contributed by atoms with Gasteiger partial charge < -0.3 is 34.3 Å². The summed E-state index contributed by atoms with van der Waals surface area (Å²) in [6.07, 6.45) is -3.44. The molecule has 3 N–H and O–H groups in total. The molecule has 0 aromatic rings. The summed E-state index contributed by atoms with van der Waals surface area (Å²) < 4.78 is 24.6. The number of ether oxygens (including phenoxy) is 4. The van der Waals surface area contributed by atoms with Gasteiger partial charge in [0.05, 0.1) is 29.8 Å². The third-order valence-corrected chi connectivity index (χ3v) is 12.8. The molecule has 252 valence electrons. The van der Waals surface area contributed by atoms with Crippen molar-refractivity contribution in [3.63, 3.8) is 0 Å². The van der Waals surface area contributed by atoms with Gasteiger partial charge in [0.1, 0.15) is 28.5 Å². The second-order valence-corrected chi connectivity index (χ2v) is 15.3. The van der Waals surface area contributed by atoms with Crippen molar-refractivity contribution < 1.29 is 43.9 Å². The average Bonchev–Trinajstić information content (AvgIpc) is 2.98. The number of cyclic esters (lactones) is 1. The van der Waals surface area contributed by atoms with Crippen molar-refractivity contribution in [2.24, 2.45) is 35.5 Å². The summed E-state index contributed by atoms with van der Waals surface area (Å²) in [6.45, 7) is 16.3. The van der Waals surface area contributed by atoms with Crippen molar-refractivity contribution in [2.75, 3.05) is 25.7 Å². The maximum Gasteiger partial charge on any atom is 0.309 e. The van der Waals surface area contributed by atoms with E-state index in [1.54, 1.807) is 46.8 Å². The molecule has 0 radical (unpaired) electrons. The van der Waals surface area contributed by atoms with Crippen LogP contribution in [0.1, 0.15) is 81.6 Å². The fourth-order valence-corrected chi connectivity index (χ4v) is 9.14. The number of carbonyl (C=O) groups excluding carboxylic acids is 2. The van der Waals surface area contributed by atoms with Gasteiger partial charge in [-0.25, -0.2) is 0 Å². The lowest BCUT2D eigenvalue weighted by atomic mass is 9.67. The predicted molar refractivity (Wildman–Crippen MR) is 172 cm³/mol. The molecule has 11 heteroatoms. The number of rotatable bonds is 7. The SMILES string of the molecule is CC[C@H]1OC(=O)[C@H](C)[C@@H](C2C[C@@](C)(OC)[C@@H](O)[C@H](C)O2)[C@H](C)[C@@H](C)[C@@](OC)(SCCS)C[C@@H](C)C(=O)[C@H](C)[C@@H](O)[C@]1(C)O.